The summed E-state index contributed by atoms with van der Waals surface area (Å²) in [5.41, 5.74) is 0. The van der Waals surface area contributed by atoms with E-state index in [2.05, 4.69) is 16.8 Å². The number of aromatic amines is 1. The first-order valence-electron chi connectivity index (χ1n) is 3.83. The number of allylic oxidation sites excluding steroid dienone is 3. The minimum Gasteiger partial charge on any atom is -0.278 e. The molecule has 0 amide bonds. The van der Waals surface area contributed by atoms with Gasteiger partial charge in [0, 0.05) is 5.22 Å². The van der Waals surface area contributed by atoms with Crippen molar-refractivity contribution in [1.29, 1.82) is 0 Å². The van der Waals surface area contributed by atoms with E-state index >= 15 is 0 Å². The summed E-state index contributed by atoms with van der Waals surface area (Å²) in [6, 6.07) is 0. The molecule has 0 aliphatic heterocycles. The largest absolute Gasteiger partial charge is 0.278 e. The lowest BCUT2D eigenvalue weighted by atomic mass is 10.3. The van der Waals surface area contributed by atoms with Crippen molar-refractivity contribution in [2.45, 2.75) is 6.92 Å². The van der Waals surface area contributed by atoms with Crippen LogP contribution in [0.2, 0.25) is 0 Å². The highest BCUT2D eigenvalue weighted by Crippen LogP contribution is 1.70. The normalized spacial score (nSPS) is 14.4. The van der Waals surface area contributed by atoms with Gasteiger partial charge in [0.25, 0.3) is 0 Å². The van der Waals surface area contributed by atoms with E-state index in [0.29, 0.717) is 0 Å². The first kappa shape index (κ1) is 8.53. The van der Waals surface area contributed by atoms with Gasteiger partial charge in [-0.3, -0.25) is 5.10 Å². The van der Waals surface area contributed by atoms with Crippen molar-refractivity contribution in [2.75, 3.05) is 0 Å². The van der Waals surface area contributed by atoms with E-state index in [0.717, 1.165) is 10.6 Å². The molecule has 1 heterocycles. The van der Waals surface area contributed by atoms with Gasteiger partial charge in [0.1, 0.15) is 0 Å². The number of hydrogen-bond acceptors (Lipinski definition) is 1. The fraction of sp³-hybridized carbons (Fsp3) is 0.100. The molecule has 0 aliphatic carbocycles. The molecule has 62 valence electrons. The molecule has 0 bridgehead atoms. The van der Waals surface area contributed by atoms with Gasteiger partial charge < -0.3 is 0 Å². The molecule has 0 aliphatic rings. The Morgan fingerprint density at radius 1 is 1.50 bits per heavy atom. The van der Waals surface area contributed by atoms with E-state index in [9.17, 15) is 0 Å². The Hall–Kier alpha value is -1.57. The van der Waals surface area contributed by atoms with E-state index in [1.807, 2.05) is 31.2 Å². The summed E-state index contributed by atoms with van der Waals surface area (Å²) < 4.78 is 0. The summed E-state index contributed by atoms with van der Waals surface area (Å²) in [6.45, 7) is 5.60. The maximum absolute atomic E-state index is 3.92. The zero-order valence-corrected chi connectivity index (χ0v) is 7.12. The second-order valence-corrected chi connectivity index (χ2v) is 2.33. The first-order chi connectivity index (χ1) is 5.88. The van der Waals surface area contributed by atoms with Crippen LogP contribution >= 0.6 is 0 Å². The molecule has 0 fully saturated rings. The zero-order valence-electron chi connectivity index (χ0n) is 7.12. The number of aromatic nitrogens is 2. The Balaban J connectivity index is 3.24. The predicted octanol–water partition coefficient (Wildman–Crippen LogP) is 0.733. The average molecular weight is 160 g/mol. The molecule has 2 heteroatoms. The molecule has 1 N–H and O–H groups in total. The minimum absolute atomic E-state index is 1.01. The molecular weight excluding hydrogens is 148 g/mol. The molecule has 0 atom stereocenters. The summed E-state index contributed by atoms with van der Waals surface area (Å²) in [7, 11) is 0. The number of H-pyrrole nitrogens is 1. The molecule has 0 aromatic carbocycles. The van der Waals surface area contributed by atoms with Gasteiger partial charge in [0.2, 0.25) is 0 Å². The van der Waals surface area contributed by atoms with Crippen molar-refractivity contribution in [3.63, 3.8) is 0 Å². The second-order valence-electron chi connectivity index (χ2n) is 2.33. The fourth-order valence-corrected chi connectivity index (χ4v) is 0.891. The molecule has 0 radical (unpaired) electrons. The van der Waals surface area contributed by atoms with E-state index in [-0.39, 0.29) is 0 Å². The monoisotopic (exact) mass is 160 g/mol. The Morgan fingerprint density at radius 3 is 3.00 bits per heavy atom. The number of nitrogens with one attached hydrogen (secondary N) is 1. The van der Waals surface area contributed by atoms with Gasteiger partial charge in [-0.2, -0.15) is 5.10 Å². The van der Waals surface area contributed by atoms with E-state index in [4.69, 9.17) is 0 Å². The minimum atomic E-state index is 1.01. The third kappa shape index (κ3) is 1.95. The maximum atomic E-state index is 3.92. The average Bonchev–Trinajstić information content (AvgIpc) is 2.50. The van der Waals surface area contributed by atoms with Crippen molar-refractivity contribution in [3.05, 3.63) is 41.6 Å². The molecular formula is C10H12N2. The van der Waals surface area contributed by atoms with Gasteiger partial charge >= 0.3 is 0 Å². The van der Waals surface area contributed by atoms with Gasteiger partial charge in [0.05, 0.1) is 11.5 Å². The molecule has 1 aromatic rings. The van der Waals surface area contributed by atoms with E-state index < -0.39 is 0 Å². The third-order valence-corrected chi connectivity index (χ3v) is 1.45. The van der Waals surface area contributed by atoms with Crippen molar-refractivity contribution >= 4 is 12.2 Å². The lowest BCUT2D eigenvalue weighted by Gasteiger charge is -1.74. The summed E-state index contributed by atoms with van der Waals surface area (Å²) in [5, 5.41) is 8.88. The lowest BCUT2D eigenvalue weighted by molar-refractivity contribution is 1.06. The molecule has 0 spiro atoms. The Morgan fingerprint density at radius 2 is 2.33 bits per heavy atom. The van der Waals surface area contributed by atoms with Crippen LogP contribution in [-0.4, -0.2) is 10.2 Å². The number of hydrogen-bond donors (Lipinski definition) is 1. The Bertz CT molecular complexity index is 382. The van der Waals surface area contributed by atoms with E-state index in [1.165, 1.54) is 0 Å². The van der Waals surface area contributed by atoms with Gasteiger partial charge in [0.15, 0.2) is 0 Å². The topological polar surface area (TPSA) is 28.7 Å². The van der Waals surface area contributed by atoms with Gasteiger partial charge in [-0.05, 0) is 13.0 Å². The van der Waals surface area contributed by atoms with Crippen LogP contribution in [0.25, 0.3) is 12.2 Å². The van der Waals surface area contributed by atoms with Crippen LogP contribution in [0, 0.1) is 0 Å². The van der Waals surface area contributed by atoms with Gasteiger partial charge in [-0.15, -0.1) is 0 Å². The van der Waals surface area contributed by atoms with Crippen molar-refractivity contribution in [1.82, 2.24) is 10.2 Å². The number of nitrogens with zero attached hydrogens (tertiary/aromatic N) is 1. The van der Waals surface area contributed by atoms with Crippen LogP contribution in [-0.2, 0) is 0 Å². The quantitative estimate of drug-likeness (QED) is 0.679. The van der Waals surface area contributed by atoms with Crippen LogP contribution < -0.4 is 10.6 Å². The van der Waals surface area contributed by atoms with Crippen LogP contribution in [0.3, 0.4) is 0 Å². The molecule has 1 rings (SSSR count). The molecule has 2 nitrogen and oxygen atoms in total. The van der Waals surface area contributed by atoms with Crippen molar-refractivity contribution in [3.8, 4) is 0 Å². The maximum Gasteiger partial charge on any atom is 0.0650 e. The Labute approximate surface area is 71.6 Å². The van der Waals surface area contributed by atoms with Gasteiger partial charge in [-0.25, -0.2) is 0 Å². The predicted molar refractivity (Wildman–Crippen MR) is 51.8 cm³/mol. The Kier molecular flexibility index (Phi) is 3.08. The van der Waals surface area contributed by atoms with Crippen molar-refractivity contribution in [2.24, 2.45) is 0 Å². The smallest absolute Gasteiger partial charge is 0.0650 e. The summed E-state index contributed by atoms with van der Waals surface area (Å²) in [6.07, 6.45) is 11.3. The van der Waals surface area contributed by atoms with Gasteiger partial charge in [-0.1, -0.05) is 30.9 Å². The zero-order chi connectivity index (χ0) is 8.81. The highest BCUT2D eigenvalue weighted by molar-refractivity contribution is 5.39. The molecule has 0 unspecified atom stereocenters. The SMILES string of the molecule is C=C/C=c1/cn[nH]/c1=C/C=C\C. The van der Waals surface area contributed by atoms with Crippen LogP contribution in [0.5, 0.6) is 0 Å². The lowest BCUT2D eigenvalue weighted by Crippen LogP contribution is -2.21. The second kappa shape index (κ2) is 4.34. The van der Waals surface area contributed by atoms with E-state index in [1.54, 1.807) is 12.3 Å². The molecule has 0 saturated heterocycles. The summed E-state index contributed by atoms with van der Waals surface area (Å²) in [4.78, 5) is 0. The summed E-state index contributed by atoms with van der Waals surface area (Å²) >= 11 is 0. The third-order valence-electron chi connectivity index (χ3n) is 1.45. The number of rotatable bonds is 2. The van der Waals surface area contributed by atoms with Crippen molar-refractivity contribution < 1.29 is 0 Å². The summed E-state index contributed by atoms with van der Waals surface area (Å²) in [5.74, 6) is 0. The molecule has 0 saturated carbocycles. The highest BCUT2D eigenvalue weighted by Gasteiger charge is 1.82. The standard InChI is InChI=1S/C10H12N2/c1-3-5-7-10-9(6-4-2)8-11-12-10/h3-8,12H,2H2,1H3/b5-3-,9-6-,10-7+. The highest BCUT2D eigenvalue weighted by atomic mass is 15.1. The van der Waals surface area contributed by atoms with Crippen LogP contribution in [0.1, 0.15) is 6.92 Å². The van der Waals surface area contributed by atoms with Crippen LogP contribution in [0.15, 0.2) is 31.0 Å². The molecule has 12 heavy (non-hydrogen) atoms. The van der Waals surface area contributed by atoms with Crippen LogP contribution in [0.4, 0.5) is 0 Å². The molecule has 1 aromatic heterocycles. The first-order valence-corrected chi connectivity index (χ1v) is 3.83. The fourth-order valence-electron chi connectivity index (χ4n) is 0.891.